The maximum Gasteiger partial charge on any atom is 0.290 e. The number of likely N-dealkylation sites (tertiary alicyclic amines) is 1. The van der Waals surface area contributed by atoms with Crippen molar-refractivity contribution in [3.8, 4) is 11.3 Å². The molecule has 2 heterocycles. The normalized spacial score (nSPS) is 24.4. The maximum atomic E-state index is 8.36. The van der Waals surface area contributed by atoms with Crippen LogP contribution >= 0.6 is 0 Å². The van der Waals surface area contributed by atoms with Gasteiger partial charge in [-0.3, -0.25) is 9.69 Å². The highest BCUT2D eigenvalue weighted by molar-refractivity contribution is 5.57. The van der Waals surface area contributed by atoms with Crippen molar-refractivity contribution >= 4 is 12.5 Å². The van der Waals surface area contributed by atoms with E-state index in [4.69, 9.17) is 14.6 Å². The van der Waals surface area contributed by atoms with Gasteiger partial charge in [-0.25, -0.2) is 4.68 Å². The molecule has 4 atom stereocenters. The lowest BCUT2D eigenvalue weighted by Gasteiger charge is -2.37. The molecule has 0 spiro atoms. The van der Waals surface area contributed by atoms with Crippen LogP contribution in [0.25, 0.3) is 17.3 Å². The van der Waals surface area contributed by atoms with E-state index in [2.05, 4.69) is 76.0 Å². The molecule has 7 heteroatoms. The van der Waals surface area contributed by atoms with Crippen molar-refractivity contribution < 1.29 is 14.6 Å². The number of methoxy groups -OCH3 is 1. The molecule has 0 amide bonds. The first-order valence-electron chi connectivity index (χ1n) is 11.7. The number of carbonyl (C=O) groups is 1. The molecule has 5 rings (SSSR count). The van der Waals surface area contributed by atoms with Crippen molar-refractivity contribution in [2.45, 2.75) is 25.0 Å². The number of carboxylic acid groups (broad SMARTS) is 1. The van der Waals surface area contributed by atoms with Crippen LogP contribution in [0.5, 0.6) is 0 Å². The summed E-state index contributed by atoms with van der Waals surface area (Å²) in [7, 11) is 1.84. The van der Waals surface area contributed by atoms with Crippen molar-refractivity contribution in [3.63, 3.8) is 0 Å². The number of rotatable bonds is 6. The van der Waals surface area contributed by atoms with Gasteiger partial charge in [0.2, 0.25) is 0 Å². The Morgan fingerprint density at radius 2 is 1.68 bits per heavy atom. The number of ether oxygens (including phenoxy) is 1. The lowest BCUT2D eigenvalue weighted by Crippen LogP contribution is -2.37. The molecule has 0 radical (unpaired) electrons. The van der Waals surface area contributed by atoms with E-state index >= 15 is 0 Å². The molecule has 0 unspecified atom stereocenters. The Morgan fingerprint density at radius 3 is 2.35 bits per heavy atom. The highest BCUT2D eigenvalue weighted by Gasteiger charge is 2.43. The fraction of sp³-hybridized carbons (Fsp3) is 0.370. The van der Waals surface area contributed by atoms with Gasteiger partial charge in [0.15, 0.2) is 0 Å². The number of hydrogen-bond donors (Lipinski definition) is 1. The molecule has 178 valence electrons. The predicted octanol–water partition coefficient (Wildman–Crippen LogP) is 4.26. The average Bonchev–Trinajstić information content (AvgIpc) is 3.52. The van der Waals surface area contributed by atoms with Gasteiger partial charge in [-0.05, 0) is 30.2 Å². The quantitative estimate of drug-likeness (QED) is 0.554. The van der Waals surface area contributed by atoms with E-state index in [0.29, 0.717) is 11.8 Å². The molecule has 0 bridgehead atoms. The molecule has 1 saturated carbocycles. The molecule has 3 aromatic rings. The van der Waals surface area contributed by atoms with Crippen LogP contribution < -0.4 is 0 Å². The molecule has 2 aliphatic rings. The standard InChI is InChI=1S/C26H30N4O.CH2O2/c1-31-26-16-23-18-29(14-8-11-20-9-4-2-5-10-20)17-22(23)15-25(26)30-19-24(27-28-30)21-12-6-3-7-13-21;2-1-3/h2-13,19,22-23,25-26H,14-18H2,1H3;1H,(H,2,3)/b11-8+;/t22-,23+,25-,26-;/m1./s1. The highest BCUT2D eigenvalue weighted by atomic mass is 16.5. The van der Waals surface area contributed by atoms with Crippen molar-refractivity contribution in [1.82, 2.24) is 19.9 Å². The molecule has 1 aliphatic heterocycles. The van der Waals surface area contributed by atoms with Crippen molar-refractivity contribution in [2.75, 3.05) is 26.7 Å². The lowest BCUT2D eigenvalue weighted by molar-refractivity contribution is -0.122. The van der Waals surface area contributed by atoms with Gasteiger partial charge in [-0.2, -0.15) is 0 Å². The fourth-order valence-corrected chi connectivity index (χ4v) is 5.25. The number of aromatic nitrogens is 3. The van der Waals surface area contributed by atoms with E-state index in [1.165, 1.54) is 5.56 Å². The Kier molecular flexibility index (Phi) is 8.22. The van der Waals surface area contributed by atoms with E-state index in [-0.39, 0.29) is 18.6 Å². The Hall–Kier alpha value is -3.29. The largest absolute Gasteiger partial charge is 0.483 e. The number of nitrogens with zero attached hydrogens (tertiary/aromatic N) is 4. The first-order chi connectivity index (χ1) is 16.7. The van der Waals surface area contributed by atoms with Gasteiger partial charge in [0.25, 0.3) is 6.47 Å². The van der Waals surface area contributed by atoms with Gasteiger partial charge in [0, 0.05) is 32.3 Å². The molecule has 2 aromatic carbocycles. The van der Waals surface area contributed by atoms with Crippen LogP contribution in [0.1, 0.15) is 24.4 Å². The molecular weight excluding hydrogens is 428 g/mol. The topological polar surface area (TPSA) is 80.5 Å². The fourth-order valence-electron chi connectivity index (χ4n) is 5.25. The van der Waals surface area contributed by atoms with Gasteiger partial charge >= 0.3 is 0 Å². The Bertz CT molecular complexity index is 1050. The van der Waals surface area contributed by atoms with E-state index in [0.717, 1.165) is 43.7 Å². The van der Waals surface area contributed by atoms with Gasteiger partial charge in [-0.15, -0.1) is 5.10 Å². The van der Waals surface area contributed by atoms with Crippen LogP contribution in [-0.2, 0) is 9.53 Å². The zero-order valence-electron chi connectivity index (χ0n) is 19.5. The second-order valence-electron chi connectivity index (χ2n) is 8.92. The third kappa shape index (κ3) is 5.79. The van der Waals surface area contributed by atoms with Crippen LogP contribution in [0.4, 0.5) is 0 Å². The smallest absolute Gasteiger partial charge is 0.290 e. The first-order valence-corrected chi connectivity index (χ1v) is 11.7. The van der Waals surface area contributed by atoms with E-state index in [1.54, 1.807) is 0 Å². The molecule has 34 heavy (non-hydrogen) atoms. The summed E-state index contributed by atoms with van der Waals surface area (Å²) in [6.07, 6.45) is 8.98. The number of fused-ring (bicyclic) bond motifs is 1. The third-order valence-corrected chi connectivity index (χ3v) is 6.86. The molecule has 7 nitrogen and oxygen atoms in total. The number of hydrogen-bond acceptors (Lipinski definition) is 5. The van der Waals surface area contributed by atoms with Crippen LogP contribution in [0.2, 0.25) is 0 Å². The molecule has 1 aliphatic carbocycles. The van der Waals surface area contributed by atoms with Gasteiger partial charge in [0.1, 0.15) is 5.69 Å². The van der Waals surface area contributed by atoms with Crippen molar-refractivity contribution in [1.29, 1.82) is 0 Å². The Morgan fingerprint density at radius 1 is 1.03 bits per heavy atom. The van der Waals surface area contributed by atoms with Gasteiger partial charge in [0.05, 0.1) is 18.3 Å². The van der Waals surface area contributed by atoms with Crippen LogP contribution in [0, 0.1) is 11.8 Å². The summed E-state index contributed by atoms with van der Waals surface area (Å²) in [6, 6.07) is 21.0. The minimum atomic E-state index is -0.250. The highest BCUT2D eigenvalue weighted by Crippen LogP contribution is 2.42. The summed E-state index contributed by atoms with van der Waals surface area (Å²) >= 11 is 0. The summed E-state index contributed by atoms with van der Waals surface area (Å²) < 4.78 is 7.98. The van der Waals surface area contributed by atoms with Crippen LogP contribution in [0.3, 0.4) is 0 Å². The van der Waals surface area contributed by atoms with Gasteiger partial charge < -0.3 is 9.84 Å². The van der Waals surface area contributed by atoms with Gasteiger partial charge in [-0.1, -0.05) is 78.0 Å². The predicted molar refractivity (Wildman–Crippen MR) is 132 cm³/mol. The minimum Gasteiger partial charge on any atom is -0.483 e. The molecule has 1 N–H and O–H groups in total. The lowest BCUT2D eigenvalue weighted by atomic mass is 9.77. The summed E-state index contributed by atoms with van der Waals surface area (Å²) in [5, 5.41) is 15.8. The zero-order valence-corrected chi connectivity index (χ0v) is 19.5. The van der Waals surface area contributed by atoms with E-state index in [9.17, 15) is 0 Å². The van der Waals surface area contributed by atoms with Crippen LogP contribution in [-0.4, -0.2) is 64.3 Å². The minimum absolute atomic E-state index is 0.186. The first kappa shape index (κ1) is 23.9. The monoisotopic (exact) mass is 460 g/mol. The Balaban J connectivity index is 0.000000868. The van der Waals surface area contributed by atoms with E-state index < -0.39 is 0 Å². The van der Waals surface area contributed by atoms with Crippen molar-refractivity contribution in [2.24, 2.45) is 11.8 Å². The second kappa shape index (κ2) is 11.7. The molecular formula is C27H32N4O3. The maximum absolute atomic E-state index is 8.36. The molecule has 2 fully saturated rings. The van der Waals surface area contributed by atoms with E-state index in [1.807, 2.05) is 30.0 Å². The summed E-state index contributed by atoms with van der Waals surface area (Å²) in [6.45, 7) is 3.06. The average molecular weight is 461 g/mol. The number of benzene rings is 2. The van der Waals surface area contributed by atoms with Crippen LogP contribution in [0.15, 0.2) is 72.9 Å². The summed E-state index contributed by atoms with van der Waals surface area (Å²) in [4.78, 5) is 10.9. The second-order valence-corrected chi connectivity index (χ2v) is 8.92. The van der Waals surface area contributed by atoms with Crippen molar-refractivity contribution in [3.05, 3.63) is 78.5 Å². The zero-order chi connectivity index (χ0) is 23.8. The molecule has 1 aromatic heterocycles. The summed E-state index contributed by atoms with van der Waals surface area (Å²) in [5.74, 6) is 1.38. The SMILES string of the molecule is CO[C@@H]1C[C@H]2CN(C/C=C/c3ccccc3)C[C@H]2C[C@H]1n1cc(-c2ccccc2)nn1.O=CO. The molecule has 1 saturated heterocycles. The summed E-state index contributed by atoms with van der Waals surface area (Å²) in [5.41, 5.74) is 3.30. The Labute approximate surface area is 200 Å². The third-order valence-electron chi connectivity index (χ3n) is 6.86.